The molecule has 2 heterocycles. The van der Waals surface area contributed by atoms with Crippen LogP contribution in [0.2, 0.25) is 0 Å². The molecule has 4 N–H and O–H groups in total. The fraction of sp³-hybridized carbons (Fsp3) is 0.0769. The predicted octanol–water partition coefficient (Wildman–Crippen LogP) is 2.07. The fourth-order valence-corrected chi connectivity index (χ4v) is 2.74. The van der Waals surface area contributed by atoms with Crippen LogP contribution in [0.5, 0.6) is 0 Å². The van der Waals surface area contributed by atoms with E-state index in [-0.39, 0.29) is 6.61 Å². The van der Waals surface area contributed by atoms with E-state index in [0.29, 0.717) is 16.8 Å². The van der Waals surface area contributed by atoms with Crippen LogP contribution in [0.3, 0.4) is 0 Å². The SMILES string of the molecule is NC(=O)c1ccc(Br)c2c1[nH]c1cc(CO)ncc12. The summed E-state index contributed by atoms with van der Waals surface area (Å²) in [4.78, 5) is 18.8. The number of pyridine rings is 1. The third-order valence-electron chi connectivity index (χ3n) is 3.07. The molecule has 0 aliphatic rings. The normalized spacial score (nSPS) is 11.3. The number of benzene rings is 1. The van der Waals surface area contributed by atoms with Crippen molar-refractivity contribution in [3.63, 3.8) is 0 Å². The Labute approximate surface area is 116 Å². The van der Waals surface area contributed by atoms with Gasteiger partial charge in [0.2, 0.25) is 0 Å². The van der Waals surface area contributed by atoms with Crippen LogP contribution in [0.25, 0.3) is 21.8 Å². The lowest BCUT2D eigenvalue weighted by Gasteiger charge is -2.00. The van der Waals surface area contributed by atoms with Gasteiger partial charge in [0.15, 0.2) is 0 Å². The number of aromatic amines is 1. The van der Waals surface area contributed by atoms with Gasteiger partial charge in [-0.2, -0.15) is 0 Å². The van der Waals surface area contributed by atoms with Crippen molar-refractivity contribution in [1.82, 2.24) is 9.97 Å². The Bertz CT molecular complexity index is 810. The van der Waals surface area contributed by atoms with E-state index in [0.717, 1.165) is 20.8 Å². The summed E-state index contributed by atoms with van der Waals surface area (Å²) in [6.45, 7) is -0.130. The number of rotatable bonds is 2. The Kier molecular flexibility index (Phi) is 2.76. The minimum absolute atomic E-state index is 0.130. The number of nitrogens with two attached hydrogens (primary N) is 1. The van der Waals surface area contributed by atoms with Crippen molar-refractivity contribution in [2.24, 2.45) is 5.73 Å². The molecule has 1 amide bonds. The Hall–Kier alpha value is -1.92. The maximum atomic E-state index is 11.5. The summed E-state index contributed by atoms with van der Waals surface area (Å²) < 4.78 is 0.859. The zero-order valence-corrected chi connectivity index (χ0v) is 11.4. The van der Waals surface area contributed by atoms with E-state index >= 15 is 0 Å². The average Bonchev–Trinajstić information content (AvgIpc) is 2.77. The summed E-state index contributed by atoms with van der Waals surface area (Å²) >= 11 is 3.47. The molecule has 19 heavy (non-hydrogen) atoms. The first-order chi connectivity index (χ1) is 9.11. The van der Waals surface area contributed by atoms with E-state index in [4.69, 9.17) is 10.8 Å². The number of H-pyrrole nitrogens is 1. The van der Waals surface area contributed by atoms with Gasteiger partial charge >= 0.3 is 0 Å². The molecule has 6 heteroatoms. The average molecular weight is 320 g/mol. The van der Waals surface area contributed by atoms with Gasteiger partial charge in [0.25, 0.3) is 5.91 Å². The summed E-state index contributed by atoms with van der Waals surface area (Å²) in [6, 6.07) is 5.22. The van der Waals surface area contributed by atoms with Crippen LogP contribution in [-0.4, -0.2) is 21.0 Å². The van der Waals surface area contributed by atoms with Crippen molar-refractivity contribution in [3.05, 3.63) is 40.1 Å². The van der Waals surface area contributed by atoms with E-state index in [9.17, 15) is 4.79 Å². The molecule has 0 saturated carbocycles. The maximum absolute atomic E-state index is 11.5. The number of carbonyl (C=O) groups excluding carboxylic acids is 1. The minimum Gasteiger partial charge on any atom is -0.390 e. The van der Waals surface area contributed by atoms with E-state index in [1.54, 1.807) is 24.4 Å². The molecule has 0 atom stereocenters. The Balaban J connectivity index is 2.47. The molecule has 0 bridgehead atoms. The molecule has 0 aliphatic heterocycles. The summed E-state index contributed by atoms with van der Waals surface area (Å²) in [5.41, 5.74) is 7.86. The lowest BCUT2D eigenvalue weighted by atomic mass is 10.1. The monoisotopic (exact) mass is 319 g/mol. The van der Waals surface area contributed by atoms with Gasteiger partial charge in [0, 0.05) is 27.0 Å². The number of carbonyl (C=O) groups is 1. The van der Waals surface area contributed by atoms with Gasteiger partial charge in [0.1, 0.15) is 0 Å². The highest BCUT2D eigenvalue weighted by atomic mass is 79.9. The summed E-state index contributed by atoms with van der Waals surface area (Å²) in [7, 11) is 0. The van der Waals surface area contributed by atoms with Gasteiger partial charge in [-0.15, -0.1) is 0 Å². The number of hydrogen-bond donors (Lipinski definition) is 3. The van der Waals surface area contributed by atoms with E-state index < -0.39 is 5.91 Å². The van der Waals surface area contributed by atoms with Gasteiger partial charge in [-0.25, -0.2) is 0 Å². The van der Waals surface area contributed by atoms with Gasteiger partial charge < -0.3 is 15.8 Å². The number of nitrogens with one attached hydrogen (secondary N) is 1. The first-order valence-electron chi connectivity index (χ1n) is 5.61. The molecule has 1 aromatic carbocycles. The maximum Gasteiger partial charge on any atom is 0.250 e. The highest BCUT2D eigenvalue weighted by Gasteiger charge is 2.14. The summed E-state index contributed by atoms with van der Waals surface area (Å²) in [5.74, 6) is -0.487. The van der Waals surface area contributed by atoms with E-state index in [1.165, 1.54) is 0 Å². The number of primary amides is 1. The highest BCUT2D eigenvalue weighted by molar-refractivity contribution is 9.10. The standard InChI is InChI=1S/C13H10BrN3O2/c14-9-2-1-7(13(15)19)12-11(9)8-4-16-6(5-18)3-10(8)17-12/h1-4,17-18H,5H2,(H2,15,19). The second kappa shape index (κ2) is 4.32. The van der Waals surface area contributed by atoms with Crippen molar-refractivity contribution in [3.8, 4) is 0 Å². The minimum atomic E-state index is -0.487. The molecule has 3 rings (SSSR count). The molecule has 0 spiro atoms. The fourth-order valence-electron chi connectivity index (χ4n) is 2.20. The molecular formula is C13H10BrN3O2. The molecule has 0 aliphatic carbocycles. The molecule has 96 valence electrons. The number of amides is 1. The predicted molar refractivity (Wildman–Crippen MR) is 75.7 cm³/mol. The molecule has 0 saturated heterocycles. The van der Waals surface area contributed by atoms with Gasteiger partial charge in [-0.1, -0.05) is 15.9 Å². The van der Waals surface area contributed by atoms with Crippen LogP contribution in [0.4, 0.5) is 0 Å². The second-order valence-electron chi connectivity index (χ2n) is 4.21. The zero-order valence-electron chi connectivity index (χ0n) is 9.77. The molecule has 3 aromatic rings. The van der Waals surface area contributed by atoms with Gasteiger partial charge in [-0.3, -0.25) is 9.78 Å². The molecule has 0 unspecified atom stereocenters. The zero-order chi connectivity index (χ0) is 13.6. The van der Waals surface area contributed by atoms with Crippen LogP contribution in [-0.2, 0) is 6.61 Å². The first-order valence-corrected chi connectivity index (χ1v) is 6.40. The van der Waals surface area contributed by atoms with Gasteiger partial charge in [-0.05, 0) is 18.2 Å². The van der Waals surface area contributed by atoms with Crippen molar-refractivity contribution in [1.29, 1.82) is 0 Å². The van der Waals surface area contributed by atoms with Gasteiger partial charge in [0.05, 0.1) is 23.4 Å². The number of aromatic nitrogens is 2. The smallest absolute Gasteiger partial charge is 0.250 e. The van der Waals surface area contributed by atoms with Crippen LogP contribution in [0, 0.1) is 0 Å². The lowest BCUT2D eigenvalue weighted by molar-refractivity contribution is 0.100. The third-order valence-corrected chi connectivity index (χ3v) is 3.73. The molecule has 5 nitrogen and oxygen atoms in total. The number of fused-ring (bicyclic) bond motifs is 3. The largest absolute Gasteiger partial charge is 0.390 e. The number of hydrogen-bond acceptors (Lipinski definition) is 3. The summed E-state index contributed by atoms with van der Waals surface area (Å²) in [6.07, 6.45) is 1.68. The van der Waals surface area contributed by atoms with Crippen molar-refractivity contribution in [2.75, 3.05) is 0 Å². The number of nitrogens with zero attached hydrogens (tertiary/aromatic N) is 1. The second-order valence-corrected chi connectivity index (χ2v) is 5.07. The lowest BCUT2D eigenvalue weighted by Crippen LogP contribution is -2.11. The third kappa shape index (κ3) is 1.80. The molecule has 0 fully saturated rings. The molecule has 0 radical (unpaired) electrons. The van der Waals surface area contributed by atoms with Crippen LogP contribution < -0.4 is 5.73 Å². The topological polar surface area (TPSA) is 92.0 Å². The number of halogens is 1. The van der Waals surface area contributed by atoms with Crippen molar-refractivity contribution >= 4 is 43.6 Å². The number of aliphatic hydroxyl groups is 1. The Morgan fingerprint density at radius 1 is 1.47 bits per heavy atom. The van der Waals surface area contributed by atoms with Crippen molar-refractivity contribution in [2.45, 2.75) is 6.61 Å². The van der Waals surface area contributed by atoms with Crippen LogP contribution >= 0.6 is 15.9 Å². The summed E-state index contributed by atoms with van der Waals surface area (Å²) in [5, 5.41) is 10.9. The van der Waals surface area contributed by atoms with Crippen LogP contribution in [0.15, 0.2) is 28.9 Å². The highest BCUT2D eigenvalue weighted by Crippen LogP contribution is 2.33. The molecule has 2 aromatic heterocycles. The Morgan fingerprint density at radius 2 is 2.26 bits per heavy atom. The Morgan fingerprint density at radius 3 is 2.95 bits per heavy atom. The molecular weight excluding hydrogens is 310 g/mol. The number of aliphatic hydroxyl groups excluding tert-OH is 1. The van der Waals surface area contributed by atoms with E-state index in [1.807, 2.05) is 0 Å². The first kappa shape index (κ1) is 12.1. The van der Waals surface area contributed by atoms with Crippen molar-refractivity contribution < 1.29 is 9.90 Å². The van der Waals surface area contributed by atoms with E-state index in [2.05, 4.69) is 25.9 Å². The quantitative estimate of drug-likeness (QED) is 0.675. The van der Waals surface area contributed by atoms with Crippen LogP contribution in [0.1, 0.15) is 16.1 Å².